The van der Waals surface area contributed by atoms with Crippen molar-refractivity contribution in [3.05, 3.63) is 48.5 Å². The number of para-hydroxylation sites is 2. The second kappa shape index (κ2) is 5.26. The van der Waals surface area contributed by atoms with Crippen LogP contribution >= 0.6 is 0 Å². The van der Waals surface area contributed by atoms with E-state index in [0.29, 0.717) is 0 Å². The summed E-state index contributed by atoms with van der Waals surface area (Å²) in [4.78, 5) is 0. The maximum atomic E-state index is 4.80. The van der Waals surface area contributed by atoms with Crippen molar-refractivity contribution in [2.45, 2.75) is 17.8 Å². The summed E-state index contributed by atoms with van der Waals surface area (Å²) in [5, 5.41) is 1.27. The Morgan fingerprint density at radius 3 is 1.78 bits per heavy atom. The number of ether oxygens (including phenoxy) is 1. The molecule has 1 aliphatic rings. The Kier molecular flexibility index (Phi) is 4.08. The van der Waals surface area contributed by atoms with Gasteiger partial charge in [0.15, 0.2) is 0 Å². The van der Waals surface area contributed by atoms with Gasteiger partial charge in [0, 0.05) is 0 Å². The number of fused-ring (bicyclic) bond motifs is 2. The van der Waals surface area contributed by atoms with Gasteiger partial charge in [-0.05, 0) is 0 Å². The first kappa shape index (κ1) is 13.9. The zero-order chi connectivity index (χ0) is 11.9. The smallest absolute Gasteiger partial charge is 1.00 e. The third-order valence-electron chi connectivity index (χ3n) is 3.70. The minimum Gasteiger partial charge on any atom is -1.00 e. The van der Waals surface area contributed by atoms with Crippen molar-refractivity contribution in [3.8, 4) is 11.5 Å². The first-order valence-electron chi connectivity index (χ1n) is 6.02. The molecule has 2 aromatic rings. The Labute approximate surface area is 128 Å². The average molecular weight is 415 g/mol. The van der Waals surface area contributed by atoms with Gasteiger partial charge >= 0.3 is 105 Å². The van der Waals surface area contributed by atoms with Gasteiger partial charge in [-0.15, -0.1) is 0 Å². The van der Waals surface area contributed by atoms with Gasteiger partial charge in [0.2, 0.25) is 0 Å². The van der Waals surface area contributed by atoms with Crippen LogP contribution in [0.2, 0.25) is 10.9 Å². The molecule has 18 heavy (non-hydrogen) atoms. The van der Waals surface area contributed by atoms with E-state index in [4.69, 9.17) is 4.74 Å². The molecule has 1 aliphatic heterocycles. The Morgan fingerprint density at radius 2 is 1.33 bits per heavy atom. The summed E-state index contributed by atoms with van der Waals surface area (Å²) in [5.74, 6) is 2.39. The minimum absolute atomic E-state index is 0. The average Bonchev–Trinajstić information content (AvgIpc) is 2.39. The molecule has 0 amide bonds. The molecule has 0 unspecified atom stereocenters. The van der Waals surface area contributed by atoms with E-state index in [2.05, 4.69) is 61.2 Å². The molecule has 0 bridgehead atoms. The van der Waals surface area contributed by atoms with Gasteiger partial charge in [-0.2, -0.15) is 0 Å². The number of rotatable bonds is 1. The van der Waals surface area contributed by atoms with E-state index in [-0.39, 0.29) is 24.0 Å². The van der Waals surface area contributed by atoms with Gasteiger partial charge in [0.05, 0.1) is 0 Å². The molecule has 0 aromatic heterocycles. The molecule has 1 N–H and O–H groups in total. The Hall–Kier alpha value is -0.472. The number of benzene rings is 2. The van der Waals surface area contributed by atoms with Gasteiger partial charge in [-0.25, -0.2) is 0 Å². The largest absolute Gasteiger partial charge is 1.00 e. The molecule has 95 valence electrons. The predicted octanol–water partition coefficient (Wildman–Crippen LogP) is -0.129. The fraction of sp³-hybridized carbons (Fsp3) is 0.200. The van der Waals surface area contributed by atoms with Crippen LogP contribution in [0.1, 0.15) is 6.92 Å². The molecule has 0 spiro atoms. The molecule has 0 saturated heterocycles. The topological polar surface area (TPSA) is 12.8 Å². The van der Waals surface area contributed by atoms with E-state index in [1.165, 1.54) is 25.4 Å². The summed E-state index contributed by atoms with van der Waals surface area (Å²) in [6.07, 6.45) is 0. The maximum absolute atomic E-state index is 4.80. The molecule has 3 rings (SSSR count). The monoisotopic (exact) mass is 415 g/mol. The number of halogens is 1. The van der Waals surface area contributed by atoms with Gasteiger partial charge in [0.25, 0.3) is 0 Å². The van der Waals surface area contributed by atoms with Crippen LogP contribution in [0.4, 0.5) is 0 Å². The van der Waals surface area contributed by atoms with Crippen LogP contribution in [0, 0.1) is 0 Å². The van der Waals surface area contributed by atoms with E-state index < -0.39 is 13.6 Å². The zero-order valence-corrected chi connectivity index (χ0v) is 14.6. The summed E-state index contributed by atoms with van der Waals surface area (Å²) in [6.45, 7) is 2.33. The third kappa shape index (κ3) is 2.00. The molecule has 0 atom stereocenters. The summed E-state index contributed by atoms with van der Waals surface area (Å²) in [7, 11) is 0. The fourth-order valence-corrected chi connectivity index (χ4v) is 8.91. The number of aromatic hydroxyl groups is 2. The summed E-state index contributed by atoms with van der Waals surface area (Å²) in [5.41, 5.74) is 2.49. The standard InChI is InChI=1S/C15H16AsO.HI/c1-3-16(2)12-8-4-6-10-14(12)17-15-11-7-5-9-13(15)16;/h4-11H,3H2,1-2H3;1H. The normalized spacial score (nSPS) is 14.8. The van der Waals surface area contributed by atoms with Crippen molar-refractivity contribution in [1.29, 1.82) is 0 Å². The Balaban J connectivity index is 0.00000120. The molecule has 0 aliphatic carbocycles. The molecular weight excluding hydrogens is 398 g/mol. The van der Waals surface area contributed by atoms with Crippen LogP contribution in [0.25, 0.3) is 0 Å². The van der Waals surface area contributed by atoms with Gasteiger partial charge < -0.3 is 24.0 Å². The maximum Gasteiger partial charge on any atom is -1.00 e. The Morgan fingerprint density at radius 1 is 0.889 bits per heavy atom. The van der Waals surface area contributed by atoms with Crippen LogP contribution in [0.5, 0.6) is 11.5 Å². The van der Waals surface area contributed by atoms with Crippen LogP contribution in [0.3, 0.4) is 0 Å². The van der Waals surface area contributed by atoms with E-state index in [1.807, 2.05) is 0 Å². The van der Waals surface area contributed by atoms with Gasteiger partial charge in [-0.1, -0.05) is 0 Å². The summed E-state index contributed by atoms with van der Waals surface area (Å²) in [6, 6.07) is 17.4. The van der Waals surface area contributed by atoms with Gasteiger partial charge in [0.1, 0.15) is 0 Å². The molecule has 1 heterocycles. The van der Waals surface area contributed by atoms with Crippen LogP contribution < -0.4 is 32.7 Å². The molecule has 0 fully saturated rings. The molecular formula is C15H17AsIO. The van der Waals surface area contributed by atoms with Crippen LogP contribution in [0.15, 0.2) is 48.5 Å². The summed E-state index contributed by atoms with van der Waals surface area (Å²) >= 11 is -1.93. The molecule has 3 heteroatoms. The molecule has 1 radical (unpaired) electrons. The molecule has 0 saturated carbocycles. The third-order valence-corrected chi connectivity index (χ3v) is 12.4. The zero-order valence-electron chi connectivity index (χ0n) is 10.6. The van der Waals surface area contributed by atoms with Crippen LogP contribution in [-0.2, 0) is 0 Å². The SMILES string of the molecule is CC[As]1(C)c2ccccc2[OH+]c2ccccc21.[I-]. The van der Waals surface area contributed by atoms with Crippen molar-refractivity contribution >= 4 is 22.3 Å². The van der Waals surface area contributed by atoms with Crippen molar-refractivity contribution < 1.29 is 28.7 Å². The van der Waals surface area contributed by atoms with Crippen molar-refractivity contribution in [3.63, 3.8) is 0 Å². The number of hydrogen-bond acceptors (Lipinski definition) is 0. The minimum atomic E-state index is -1.93. The van der Waals surface area contributed by atoms with Crippen molar-refractivity contribution in [1.82, 2.24) is 0 Å². The molecule has 1 nitrogen and oxygen atoms in total. The van der Waals surface area contributed by atoms with Crippen molar-refractivity contribution in [2.24, 2.45) is 0 Å². The first-order chi connectivity index (χ1) is 8.25. The quantitative estimate of drug-likeness (QED) is 0.350. The second-order valence-electron chi connectivity index (χ2n) is 4.60. The predicted molar refractivity (Wildman–Crippen MR) is 75.4 cm³/mol. The van der Waals surface area contributed by atoms with Crippen LogP contribution in [-0.4, -0.2) is 18.3 Å². The second-order valence-corrected chi connectivity index (χ2v) is 12.9. The van der Waals surface area contributed by atoms with E-state index in [1.54, 1.807) is 0 Å². The van der Waals surface area contributed by atoms with E-state index >= 15 is 0 Å². The van der Waals surface area contributed by atoms with E-state index in [9.17, 15) is 0 Å². The Bertz CT molecular complexity index is 522. The summed E-state index contributed by atoms with van der Waals surface area (Å²) < 4.78 is 7.84. The van der Waals surface area contributed by atoms with E-state index in [0.717, 1.165) is 0 Å². The molecule has 2 aromatic carbocycles. The van der Waals surface area contributed by atoms with Crippen molar-refractivity contribution in [2.75, 3.05) is 0 Å². The van der Waals surface area contributed by atoms with Gasteiger partial charge in [-0.3, -0.25) is 0 Å². The number of hydrogen-bond donors (Lipinski definition) is 0. The fourth-order valence-electron chi connectivity index (χ4n) is 2.55. The first-order valence-corrected chi connectivity index (χ1v) is 11.1.